The van der Waals surface area contributed by atoms with Crippen LogP contribution in [0.5, 0.6) is 0 Å². The van der Waals surface area contributed by atoms with Gasteiger partial charge >= 0.3 is 6.18 Å². The predicted octanol–water partition coefficient (Wildman–Crippen LogP) is 3.46. The van der Waals surface area contributed by atoms with Gasteiger partial charge < -0.3 is 5.73 Å². The second-order valence-corrected chi connectivity index (χ2v) is 4.28. The lowest BCUT2D eigenvalue weighted by molar-refractivity contribution is -0.137. The van der Waals surface area contributed by atoms with Gasteiger partial charge in [-0.2, -0.15) is 13.2 Å². The van der Waals surface area contributed by atoms with Crippen LogP contribution in [0, 0.1) is 6.92 Å². The Labute approximate surface area is 109 Å². The second kappa shape index (κ2) is 5.01. The van der Waals surface area contributed by atoms with Crippen molar-refractivity contribution in [1.82, 2.24) is 4.98 Å². The smallest absolute Gasteiger partial charge is 0.320 e. The van der Waals surface area contributed by atoms with Crippen LogP contribution in [0.3, 0.4) is 0 Å². The van der Waals surface area contributed by atoms with Gasteiger partial charge in [-0.25, -0.2) is 0 Å². The van der Waals surface area contributed by atoms with Crippen molar-refractivity contribution in [2.75, 3.05) is 0 Å². The molecule has 0 aliphatic carbocycles. The Hall–Kier alpha value is -1.88. The Morgan fingerprint density at radius 1 is 1.16 bits per heavy atom. The fourth-order valence-corrected chi connectivity index (χ4v) is 1.91. The molecule has 0 fully saturated rings. The van der Waals surface area contributed by atoms with Crippen LogP contribution in [0.1, 0.15) is 28.4 Å². The van der Waals surface area contributed by atoms with Gasteiger partial charge in [-0.3, -0.25) is 4.98 Å². The monoisotopic (exact) mass is 266 g/mol. The molecular weight excluding hydrogens is 253 g/mol. The summed E-state index contributed by atoms with van der Waals surface area (Å²) in [5, 5.41) is 0. The van der Waals surface area contributed by atoms with Crippen molar-refractivity contribution in [2.45, 2.75) is 19.1 Å². The van der Waals surface area contributed by atoms with E-state index in [2.05, 4.69) is 4.98 Å². The first-order chi connectivity index (χ1) is 8.89. The van der Waals surface area contributed by atoms with E-state index in [-0.39, 0.29) is 0 Å². The summed E-state index contributed by atoms with van der Waals surface area (Å²) < 4.78 is 38.0. The highest BCUT2D eigenvalue weighted by atomic mass is 19.4. The summed E-state index contributed by atoms with van der Waals surface area (Å²) in [6.45, 7) is 1.78. The molecule has 1 heterocycles. The molecular formula is C14H13F3N2. The van der Waals surface area contributed by atoms with Crippen molar-refractivity contribution in [3.05, 3.63) is 65.0 Å². The van der Waals surface area contributed by atoms with Crippen molar-refractivity contribution in [2.24, 2.45) is 5.73 Å². The van der Waals surface area contributed by atoms with Crippen LogP contribution in [0.2, 0.25) is 0 Å². The molecule has 0 spiro atoms. The molecule has 1 atom stereocenters. The van der Waals surface area contributed by atoms with Crippen LogP contribution in [-0.4, -0.2) is 4.98 Å². The zero-order valence-electron chi connectivity index (χ0n) is 10.3. The average Bonchev–Trinajstić information content (AvgIpc) is 2.38. The van der Waals surface area contributed by atoms with E-state index in [1.807, 2.05) is 0 Å². The average molecular weight is 266 g/mol. The lowest BCUT2D eigenvalue weighted by Gasteiger charge is -2.16. The number of alkyl halides is 3. The standard InChI is InChI=1S/C14H13F3N2/c1-9-12(6-3-7-19-9)13(18)10-4-2-5-11(8-10)14(15,16)17/h2-8,13H,18H2,1H3. The normalized spacial score (nSPS) is 13.3. The molecule has 2 rings (SSSR count). The van der Waals surface area contributed by atoms with Gasteiger partial charge in [0, 0.05) is 11.9 Å². The summed E-state index contributed by atoms with van der Waals surface area (Å²) in [7, 11) is 0. The first-order valence-corrected chi connectivity index (χ1v) is 5.74. The summed E-state index contributed by atoms with van der Waals surface area (Å²) in [5.74, 6) is 0. The minimum atomic E-state index is -4.36. The molecule has 0 aliphatic rings. The molecule has 2 aromatic rings. The highest BCUT2D eigenvalue weighted by molar-refractivity contribution is 5.36. The molecule has 0 bridgehead atoms. The van der Waals surface area contributed by atoms with Crippen LogP contribution in [0.15, 0.2) is 42.6 Å². The van der Waals surface area contributed by atoms with Gasteiger partial charge in [0.05, 0.1) is 11.6 Å². The Balaban J connectivity index is 2.40. The number of hydrogen-bond donors (Lipinski definition) is 1. The number of hydrogen-bond acceptors (Lipinski definition) is 2. The molecule has 1 aromatic carbocycles. The van der Waals surface area contributed by atoms with Crippen LogP contribution >= 0.6 is 0 Å². The summed E-state index contributed by atoms with van der Waals surface area (Å²) in [5.41, 5.74) is 7.19. The topological polar surface area (TPSA) is 38.9 Å². The van der Waals surface area contributed by atoms with Crippen molar-refractivity contribution in [1.29, 1.82) is 0 Å². The number of benzene rings is 1. The van der Waals surface area contributed by atoms with E-state index < -0.39 is 17.8 Å². The van der Waals surface area contributed by atoms with Gasteiger partial charge in [-0.1, -0.05) is 18.2 Å². The lowest BCUT2D eigenvalue weighted by Crippen LogP contribution is -2.15. The van der Waals surface area contributed by atoms with E-state index in [0.717, 1.165) is 17.7 Å². The lowest BCUT2D eigenvalue weighted by atomic mass is 9.97. The second-order valence-electron chi connectivity index (χ2n) is 4.28. The maximum Gasteiger partial charge on any atom is 0.416 e. The summed E-state index contributed by atoms with van der Waals surface area (Å²) in [4.78, 5) is 4.09. The number of halogens is 3. The van der Waals surface area contributed by atoms with Crippen molar-refractivity contribution in [3.63, 3.8) is 0 Å². The molecule has 1 aromatic heterocycles. The molecule has 0 aliphatic heterocycles. The molecule has 0 radical (unpaired) electrons. The number of pyridine rings is 1. The quantitative estimate of drug-likeness (QED) is 0.904. The molecule has 0 saturated heterocycles. The SMILES string of the molecule is Cc1ncccc1C(N)c1cccc(C(F)(F)F)c1. The number of rotatable bonds is 2. The predicted molar refractivity (Wildman–Crippen MR) is 66.4 cm³/mol. The Kier molecular flexibility index (Phi) is 3.57. The summed E-state index contributed by atoms with van der Waals surface area (Å²) in [6, 6.07) is 7.94. The minimum absolute atomic E-state index is 0.422. The third kappa shape index (κ3) is 2.93. The first kappa shape index (κ1) is 13.5. The molecule has 2 N–H and O–H groups in total. The molecule has 2 nitrogen and oxygen atoms in total. The van der Waals surface area contributed by atoms with Crippen molar-refractivity contribution >= 4 is 0 Å². The van der Waals surface area contributed by atoms with E-state index in [9.17, 15) is 13.2 Å². The van der Waals surface area contributed by atoms with Crippen LogP contribution in [-0.2, 0) is 6.18 Å². The molecule has 0 amide bonds. The molecule has 19 heavy (non-hydrogen) atoms. The van der Waals surface area contributed by atoms with Gasteiger partial charge in [0.15, 0.2) is 0 Å². The van der Waals surface area contributed by atoms with Gasteiger partial charge in [0.1, 0.15) is 0 Å². The van der Waals surface area contributed by atoms with E-state index in [1.165, 1.54) is 6.07 Å². The molecule has 1 unspecified atom stereocenters. The fraction of sp³-hybridized carbons (Fsp3) is 0.214. The van der Waals surface area contributed by atoms with E-state index in [1.54, 1.807) is 31.3 Å². The molecule has 100 valence electrons. The van der Waals surface area contributed by atoms with Gasteiger partial charge in [0.25, 0.3) is 0 Å². The summed E-state index contributed by atoms with van der Waals surface area (Å²) in [6.07, 6.45) is -2.74. The third-order valence-electron chi connectivity index (χ3n) is 2.96. The van der Waals surface area contributed by atoms with E-state index >= 15 is 0 Å². The number of nitrogens with two attached hydrogens (primary N) is 1. The Bertz CT molecular complexity index is 579. The van der Waals surface area contributed by atoms with Crippen molar-refractivity contribution < 1.29 is 13.2 Å². The Morgan fingerprint density at radius 3 is 2.53 bits per heavy atom. The van der Waals surface area contributed by atoms with Crippen molar-refractivity contribution in [3.8, 4) is 0 Å². The van der Waals surface area contributed by atoms with Crippen LogP contribution in [0.25, 0.3) is 0 Å². The Morgan fingerprint density at radius 2 is 1.89 bits per heavy atom. The first-order valence-electron chi connectivity index (χ1n) is 5.74. The largest absolute Gasteiger partial charge is 0.416 e. The number of nitrogens with zero attached hydrogens (tertiary/aromatic N) is 1. The zero-order chi connectivity index (χ0) is 14.0. The summed E-state index contributed by atoms with van der Waals surface area (Å²) >= 11 is 0. The maximum atomic E-state index is 12.7. The van der Waals surface area contributed by atoms with Gasteiger partial charge in [-0.05, 0) is 36.2 Å². The minimum Gasteiger partial charge on any atom is -0.320 e. The zero-order valence-corrected chi connectivity index (χ0v) is 10.3. The number of aromatic nitrogens is 1. The maximum absolute atomic E-state index is 12.7. The highest BCUT2D eigenvalue weighted by Crippen LogP contribution is 2.31. The molecule has 0 saturated carbocycles. The highest BCUT2D eigenvalue weighted by Gasteiger charge is 2.30. The van der Waals surface area contributed by atoms with Crippen LogP contribution in [0.4, 0.5) is 13.2 Å². The fourth-order valence-electron chi connectivity index (χ4n) is 1.91. The van der Waals surface area contributed by atoms with Gasteiger partial charge in [-0.15, -0.1) is 0 Å². The van der Waals surface area contributed by atoms with E-state index in [0.29, 0.717) is 11.3 Å². The third-order valence-corrected chi connectivity index (χ3v) is 2.96. The van der Waals surface area contributed by atoms with Gasteiger partial charge in [0.2, 0.25) is 0 Å². The van der Waals surface area contributed by atoms with Crippen LogP contribution < -0.4 is 5.73 Å². The van der Waals surface area contributed by atoms with E-state index in [4.69, 9.17) is 5.73 Å². The number of aryl methyl sites for hydroxylation is 1. The molecule has 5 heteroatoms.